The highest BCUT2D eigenvalue weighted by Gasteiger charge is 1.99. The van der Waals surface area contributed by atoms with Gasteiger partial charge in [-0.15, -0.1) is 0 Å². The van der Waals surface area contributed by atoms with Crippen LogP contribution in [0.5, 0.6) is 0 Å². The van der Waals surface area contributed by atoms with E-state index < -0.39 is 0 Å². The lowest BCUT2D eigenvalue weighted by atomic mass is 10.1. The first kappa shape index (κ1) is 9.85. The molecule has 0 spiro atoms. The predicted octanol–water partition coefficient (Wildman–Crippen LogP) is 3.29. The molecular weight excluding hydrogens is 158 g/mol. The van der Waals surface area contributed by atoms with Gasteiger partial charge in [0.25, 0.3) is 0 Å². The van der Waals surface area contributed by atoms with Gasteiger partial charge in [0, 0.05) is 12.2 Å². The monoisotopic (exact) mass is 175 g/mol. The normalized spacial score (nSPS) is 9.77. The zero-order valence-electron chi connectivity index (χ0n) is 8.65. The lowest BCUT2D eigenvalue weighted by Crippen LogP contribution is -2.04. The molecule has 1 N–H and O–H groups in total. The number of benzene rings is 1. The zero-order valence-corrected chi connectivity index (χ0v) is 8.65. The average Bonchev–Trinajstić information content (AvgIpc) is 2.03. The second-order valence-electron chi connectivity index (χ2n) is 3.58. The predicted molar refractivity (Wildman–Crippen MR) is 59.2 cm³/mol. The van der Waals surface area contributed by atoms with Crippen LogP contribution in [0.15, 0.2) is 30.4 Å². The highest BCUT2D eigenvalue weighted by molar-refractivity contribution is 5.57. The molecule has 0 bridgehead atoms. The number of anilines is 1. The SMILES string of the molecule is C=C(C)CNc1c(C)cccc1C. The van der Waals surface area contributed by atoms with E-state index in [1.165, 1.54) is 16.8 Å². The molecule has 0 aromatic heterocycles. The third-order valence-electron chi connectivity index (χ3n) is 2.05. The summed E-state index contributed by atoms with van der Waals surface area (Å²) in [6.07, 6.45) is 0. The van der Waals surface area contributed by atoms with Crippen molar-refractivity contribution in [2.75, 3.05) is 11.9 Å². The van der Waals surface area contributed by atoms with E-state index in [1.54, 1.807) is 0 Å². The van der Waals surface area contributed by atoms with Crippen LogP contribution in [0.3, 0.4) is 0 Å². The van der Waals surface area contributed by atoms with Gasteiger partial charge < -0.3 is 5.32 Å². The maximum Gasteiger partial charge on any atom is 0.0402 e. The quantitative estimate of drug-likeness (QED) is 0.695. The van der Waals surface area contributed by atoms with Gasteiger partial charge in [-0.2, -0.15) is 0 Å². The van der Waals surface area contributed by atoms with Crippen molar-refractivity contribution in [2.24, 2.45) is 0 Å². The van der Waals surface area contributed by atoms with Gasteiger partial charge in [0.05, 0.1) is 0 Å². The van der Waals surface area contributed by atoms with E-state index in [1.807, 2.05) is 6.92 Å². The van der Waals surface area contributed by atoms with Crippen molar-refractivity contribution in [3.63, 3.8) is 0 Å². The molecule has 1 rings (SSSR count). The number of hydrogen-bond acceptors (Lipinski definition) is 1. The molecule has 0 unspecified atom stereocenters. The molecule has 0 atom stereocenters. The van der Waals surface area contributed by atoms with E-state index in [0.29, 0.717) is 0 Å². The van der Waals surface area contributed by atoms with Crippen molar-refractivity contribution in [2.45, 2.75) is 20.8 Å². The van der Waals surface area contributed by atoms with Gasteiger partial charge in [0.15, 0.2) is 0 Å². The topological polar surface area (TPSA) is 12.0 Å². The summed E-state index contributed by atoms with van der Waals surface area (Å²) in [5.41, 5.74) is 4.98. The maximum atomic E-state index is 3.87. The molecule has 13 heavy (non-hydrogen) atoms. The van der Waals surface area contributed by atoms with Gasteiger partial charge in [0.1, 0.15) is 0 Å². The van der Waals surface area contributed by atoms with Gasteiger partial charge in [-0.05, 0) is 31.9 Å². The Kier molecular flexibility index (Phi) is 3.13. The maximum absolute atomic E-state index is 3.87. The van der Waals surface area contributed by atoms with Crippen molar-refractivity contribution < 1.29 is 0 Å². The Hall–Kier alpha value is -1.24. The van der Waals surface area contributed by atoms with Gasteiger partial charge in [0.2, 0.25) is 0 Å². The summed E-state index contributed by atoms with van der Waals surface area (Å²) in [4.78, 5) is 0. The first-order valence-electron chi connectivity index (χ1n) is 4.55. The highest BCUT2D eigenvalue weighted by atomic mass is 14.9. The van der Waals surface area contributed by atoms with Crippen LogP contribution in [0.1, 0.15) is 18.1 Å². The van der Waals surface area contributed by atoms with Crippen LogP contribution in [-0.2, 0) is 0 Å². The van der Waals surface area contributed by atoms with Crippen LogP contribution < -0.4 is 5.32 Å². The van der Waals surface area contributed by atoms with Crippen molar-refractivity contribution in [1.29, 1.82) is 0 Å². The van der Waals surface area contributed by atoms with E-state index in [9.17, 15) is 0 Å². The van der Waals surface area contributed by atoms with Gasteiger partial charge in [-0.1, -0.05) is 30.4 Å². The molecular formula is C12H17N. The number of para-hydroxylation sites is 1. The van der Waals surface area contributed by atoms with Crippen LogP contribution in [-0.4, -0.2) is 6.54 Å². The summed E-state index contributed by atoms with van der Waals surface area (Å²) in [5, 5.41) is 3.38. The molecule has 0 aliphatic carbocycles. The standard InChI is InChI=1S/C12H17N/c1-9(2)8-13-12-10(3)6-5-7-11(12)4/h5-7,13H,1,8H2,2-4H3. The molecule has 0 aliphatic heterocycles. The van der Waals surface area contributed by atoms with Crippen molar-refractivity contribution >= 4 is 5.69 Å². The molecule has 0 amide bonds. The first-order valence-corrected chi connectivity index (χ1v) is 4.55. The largest absolute Gasteiger partial charge is 0.381 e. The minimum Gasteiger partial charge on any atom is -0.381 e. The Labute approximate surface area is 80.5 Å². The van der Waals surface area contributed by atoms with Gasteiger partial charge >= 0.3 is 0 Å². The Morgan fingerprint density at radius 3 is 2.31 bits per heavy atom. The summed E-state index contributed by atoms with van der Waals surface area (Å²) in [6, 6.07) is 6.32. The van der Waals surface area contributed by atoms with Crippen LogP contribution in [0.4, 0.5) is 5.69 Å². The molecule has 0 fully saturated rings. The minimum absolute atomic E-state index is 0.853. The van der Waals surface area contributed by atoms with Crippen LogP contribution in [0.25, 0.3) is 0 Å². The first-order chi connectivity index (χ1) is 6.11. The van der Waals surface area contributed by atoms with Gasteiger partial charge in [-0.25, -0.2) is 0 Å². The Morgan fingerprint density at radius 1 is 1.31 bits per heavy atom. The zero-order chi connectivity index (χ0) is 9.84. The molecule has 1 nitrogen and oxygen atoms in total. The third-order valence-corrected chi connectivity index (χ3v) is 2.05. The third kappa shape index (κ3) is 2.62. The summed E-state index contributed by atoms with van der Waals surface area (Å²) in [5.74, 6) is 0. The second-order valence-corrected chi connectivity index (χ2v) is 3.58. The highest BCUT2D eigenvalue weighted by Crippen LogP contribution is 2.19. The number of hydrogen-bond donors (Lipinski definition) is 1. The van der Waals surface area contributed by atoms with Crippen molar-refractivity contribution in [1.82, 2.24) is 0 Å². The molecule has 1 aromatic rings. The van der Waals surface area contributed by atoms with Crippen LogP contribution in [0.2, 0.25) is 0 Å². The van der Waals surface area contributed by atoms with E-state index in [2.05, 4.69) is 43.9 Å². The number of nitrogens with one attached hydrogen (secondary N) is 1. The lowest BCUT2D eigenvalue weighted by molar-refractivity contribution is 1.19. The van der Waals surface area contributed by atoms with E-state index in [-0.39, 0.29) is 0 Å². The summed E-state index contributed by atoms with van der Waals surface area (Å²) in [6.45, 7) is 11.0. The van der Waals surface area contributed by atoms with Crippen LogP contribution >= 0.6 is 0 Å². The van der Waals surface area contributed by atoms with E-state index in [4.69, 9.17) is 0 Å². The Morgan fingerprint density at radius 2 is 1.85 bits per heavy atom. The molecule has 0 radical (unpaired) electrons. The lowest BCUT2D eigenvalue weighted by Gasteiger charge is -2.11. The summed E-state index contributed by atoms with van der Waals surface area (Å²) in [7, 11) is 0. The fourth-order valence-corrected chi connectivity index (χ4v) is 1.33. The second kappa shape index (κ2) is 4.13. The molecule has 0 aliphatic rings. The molecule has 1 heteroatoms. The number of aryl methyl sites for hydroxylation is 2. The van der Waals surface area contributed by atoms with Crippen LogP contribution in [0, 0.1) is 13.8 Å². The van der Waals surface area contributed by atoms with Gasteiger partial charge in [-0.3, -0.25) is 0 Å². The molecule has 1 aromatic carbocycles. The smallest absolute Gasteiger partial charge is 0.0402 e. The molecule has 70 valence electrons. The summed E-state index contributed by atoms with van der Waals surface area (Å²) < 4.78 is 0. The molecule has 0 saturated heterocycles. The fraction of sp³-hybridized carbons (Fsp3) is 0.333. The van der Waals surface area contributed by atoms with E-state index in [0.717, 1.165) is 12.1 Å². The van der Waals surface area contributed by atoms with Crippen molar-refractivity contribution in [3.05, 3.63) is 41.5 Å². The van der Waals surface area contributed by atoms with E-state index >= 15 is 0 Å². The number of rotatable bonds is 3. The fourth-order valence-electron chi connectivity index (χ4n) is 1.33. The van der Waals surface area contributed by atoms with Crippen molar-refractivity contribution in [3.8, 4) is 0 Å². The molecule has 0 heterocycles. The summed E-state index contributed by atoms with van der Waals surface area (Å²) >= 11 is 0. The Balaban J connectivity index is 2.81. The average molecular weight is 175 g/mol. The Bertz CT molecular complexity index is 293. The minimum atomic E-state index is 0.853. The molecule has 0 saturated carbocycles.